The molecule has 1 rings (SSSR count). The molecule has 0 amide bonds. The highest BCUT2D eigenvalue weighted by atomic mass is 16.5. The maximum atomic E-state index is 5.26. The van der Waals surface area contributed by atoms with E-state index in [-0.39, 0.29) is 0 Å². The zero-order valence-electron chi connectivity index (χ0n) is 7.86. The first kappa shape index (κ1) is 10.0. The highest BCUT2D eigenvalue weighted by Gasteiger charge is 1.93. The van der Waals surface area contributed by atoms with Gasteiger partial charge in [0.15, 0.2) is 0 Å². The Morgan fingerprint density at radius 3 is 3.08 bits per heavy atom. The number of nitrogens with one attached hydrogen (secondary N) is 1. The summed E-state index contributed by atoms with van der Waals surface area (Å²) in [7, 11) is 1.89. The van der Waals surface area contributed by atoms with Gasteiger partial charge < -0.3 is 15.8 Å². The molecule has 1 heterocycles. The molecule has 0 radical (unpaired) electrons. The number of hydrogen-bond acceptors (Lipinski definition) is 4. The van der Waals surface area contributed by atoms with E-state index in [0.717, 1.165) is 12.4 Å². The molecule has 0 fully saturated rings. The minimum absolute atomic E-state index is 0.573. The van der Waals surface area contributed by atoms with Crippen LogP contribution in [-0.4, -0.2) is 36.1 Å². The summed E-state index contributed by atoms with van der Waals surface area (Å²) in [5.74, 6) is 0.874. The fraction of sp³-hybridized carbons (Fsp3) is 0.625. The highest BCUT2D eigenvalue weighted by Crippen LogP contribution is 1.98. The average Bonchev–Trinajstić information content (AvgIpc) is 2.51. The van der Waals surface area contributed by atoms with Crippen LogP contribution in [0.4, 0.5) is 5.82 Å². The van der Waals surface area contributed by atoms with Gasteiger partial charge in [-0.05, 0) is 0 Å². The van der Waals surface area contributed by atoms with Crippen LogP contribution in [-0.2, 0) is 11.8 Å². The Hall–Kier alpha value is -1.07. The molecule has 74 valence electrons. The lowest BCUT2D eigenvalue weighted by Crippen LogP contribution is -2.14. The number of aryl methyl sites for hydroxylation is 1. The number of ether oxygens (including phenoxy) is 1. The summed E-state index contributed by atoms with van der Waals surface area (Å²) in [5, 5.41) is 7.28. The Bertz CT molecular complexity index is 236. The standard InChI is InChI=1S/C8H16N4O/c1-12-5-2-8(11-12)10-4-7-13-6-3-9/h2,5H,3-4,6-7,9H2,1H3,(H,10,11). The van der Waals surface area contributed by atoms with Crippen molar-refractivity contribution in [3.8, 4) is 0 Å². The summed E-state index contributed by atoms with van der Waals surface area (Å²) in [4.78, 5) is 0. The maximum absolute atomic E-state index is 5.26. The number of nitrogens with zero attached hydrogens (tertiary/aromatic N) is 2. The van der Waals surface area contributed by atoms with Crippen molar-refractivity contribution in [2.75, 3.05) is 31.6 Å². The molecule has 0 bridgehead atoms. The van der Waals surface area contributed by atoms with Gasteiger partial charge in [-0.1, -0.05) is 0 Å². The van der Waals surface area contributed by atoms with Crippen molar-refractivity contribution in [1.29, 1.82) is 0 Å². The van der Waals surface area contributed by atoms with E-state index < -0.39 is 0 Å². The highest BCUT2D eigenvalue weighted by molar-refractivity contribution is 5.31. The van der Waals surface area contributed by atoms with Crippen molar-refractivity contribution in [3.05, 3.63) is 12.3 Å². The molecule has 0 unspecified atom stereocenters. The van der Waals surface area contributed by atoms with E-state index in [1.165, 1.54) is 0 Å². The van der Waals surface area contributed by atoms with Gasteiger partial charge in [-0.3, -0.25) is 4.68 Å². The number of aromatic nitrogens is 2. The van der Waals surface area contributed by atoms with Crippen LogP contribution in [0.5, 0.6) is 0 Å². The zero-order valence-corrected chi connectivity index (χ0v) is 7.86. The Labute approximate surface area is 77.9 Å². The van der Waals surface area contributed by atoms with E-state index in [9.17, 15) is 0 Å². The summed E-state index contributed by atoms with van der Waals surface area (Å²) < 4.78 is 6.94. The number of rotatable bonds is 6. The van der Waals surface area contributed by atoms with Crippen molar-refractivity contribution in [1.82, 2.24) is 9.78 Å². The van der Waals surface area contributed by atoms with Gasteiger partial charge in [-0.25, -0.2) is 0 Å². The molecule has 0 saturated heterocycles. The number of anilines is 1. The van der Waals surface area contributed by atoms with Crippen LogP contribution in [0.3, 0.4) is 0 Å². The van der Waals surface area contributed by atoms with Gasteiger partial charge in [0.2, 0.25) is 0 Å². The molecule has 0 aliphatic heterocycles. The van der Waals surface area contributed by atoms with Crippen LogP contribution in [0.25, 0.3) is 0 Å². The largest absolute Gasteiger partial charge is 0.378 e. The lowest BCUT2D eigenvalue weighted by atomic mass is 10.6. The Morgan fingerprint density at radius 1 is 1.62 bits per heavy atom. The van der Waals surface area contributed by atoms with Crippen molar-refractivity contribution in [2.24, 2.45) is 12.8 Å². The van der Waals surface area contributed by atoms with Gasteiger partial charge >= 0.3 is 0 Å². The average molecular weight is 184 g/mol. The van der Waals surface area contributed by atoms with E-state index in [1.54, 1.807) is 4.68 Å². The van der Waals surface area contributed by atoms with Crippen LogP contribution in [0.15, 0.2) is 12.3 Å². The van der Waals surface area contributed by atoms with Crippen molar-refractivity contribution in [2.45, 2.75) is 0 Å². The molecule has 0 spiro atoms. The second-order valence-electron chi connectivity index (χ2n) is 2.70. The Morgan fingerprint density at radius 2 is 2.46 bits per heavy atom. The van der Waals surface area contributed by atoms with Gasteiger partial charge in [0, 0.05) is 32.4 Å². The summed E-state index contributed by atoms with van der Waals surface area (Å²) in [6, 6.07) is 1.92. The molecule has 0 saturated carbocycles. The van der Waals surface area contributed by atoms with E-state index in [2.05, 4.69) is 10.4 Å². The smallest absolute Gasteiger partial charge is 0.148 e. The van der Waals surface area contributed by atoms with E-state index >= 15 is 0 Å². The van der Waals surface area contributed by atoms with Gasteiger partial charge in [0.05, 0.1) is 13.2 Å². The molecule has 0 aliphatic rings. The minimum atomic E-state index is 0.573. The molecule has 1 aromatic heterocycles. The van der Waals surface area contributed by atoms with Crippen molar-refractivity contribution in [3.63, 3.8) is 0 Å². The monoisotopic (exact) mass is 184 g/mol. The fourth-order valence-corrected chi connectivity index (χ4v) is 0.946. The first-order valence-corrected chi connectivity index (χ1v) is 4.34. The third kappa shape index (κ3) is 3.91. The van der Waals surface area contributed by atoms with E-state index in [0.29, 0.717) is 19.8 Å². The summed E-state index contributed by atoms with van der Waals surface area (Å²) in [5.41, 5.74) is 5.26. The molecule has 3 N–H and O–H groups in total. The lowest BCUT2D eigenvalue weighted by molar-refractivity contribution is 0.151. The first-order valence-electron chi connectivity index (χ1n) is 4.34. The molecular formula is C8H16N4O. The van der Waals surface area contributed by atoms with E-state index in [4.69, 9.17) is 10.5 Å². The molecule has 1 aromatic rings. The molecule has 0 aromatic carbocycles. The van der Waals surface area contributed by atoms with Crippen LogP contribution in [0.1, 0.15) is 0 Å². The third-order valence-corrected chi connectivity index (χ3v) is 1.53. The molecule has 0 atom stereocenters. The SMILES string of the molecule is Cn1ccc(NCCOCCN)n1. The quantitative estimate of drug-likeness (QED) is 0.601. The van der Waals surface area contributed by atoms with Crippen LogP contribution in [0, 0.1) is 0 Å². The topological polar surface area (TPSA) is 65.1 Å². The van der Waals surface area contributed by atoms with Crippen LogP contribution < -0.4 is 11.1 Å². The van der Waals surface area contributed by atoms with Crippen molar-refractivity contribution < 1.29 is 4.74 Å². The van der Waals surface area contributed by atoms with Gasteiger partial charge in [-0.2, -0.15) is 5.10 Å². The first-order chi connectivity index (χ1) is 6.33. The van der Waals surface area contributed by atoms with E-state index in [1.807, 2.05) is 19.3 Å². The second-order valence-corrected chi connectivity index (χ2v) is 2.70. The predicted molar refractivity (Wildman–Crippen MR) is 51.6 cm³/mol. The molecule has 0 aliphatic carbocycles. The molecule has 5 heteroatoms. The Kier molecular flexibility index (Phi) is 4.28. The zero-order chi connectivity index (χ0) is 9.52. The second kappa shape index (κ2) is 5.55. The van der Waals surface area contributed by atoms with Crippen LogP contribution in [0.2, 0.25) is 0 Å². The maximum Gasteiger partial charge on any atom is 0.148 e. The van der Waals surface area contributed by atoms with Gasteiger partial charge in [0.25, 0.3) is 0 Å². The third-order valence-electron chi connectivity index (χ3n) is 1.53. The van der Waals surface area contributed by atoms with Crippen LogP contribution >= 0.6 is 0 Å². The molecule has 13 heavy (non-hydrogen) atoms. The fourth-order valence-electron chi connectivity index (χ4n) is 0.946. The predicted octanol–water partition coefficient (Wildman–Crippen LogP) is -0.193. The summed E-state index contributed by atoms with van der Waals surface area (Å²) >= 11 is 0. The lowest BCUT2D eigenvalue weighted by Gasteiger charge is -2.03. The van der Waals surface area contributed by atoms with Gasteiger partial charge in [0.1, 0.15) is 5.82 Å². The summed E-state index contributed by atoms with van der Waals surface area (Å²) in [6.45, 7) is 2.61. The number of nitrogens with two attached hydrogens (primary N) is 1. The number of hydrogen-bond donors (Lipinski definition) is 2. The molecule has 5 nitrogen and oxygen atoms in total. The normalized spacial score (nSPS) is 10.3. The Balaban J connectivity index is 2.06. The molecular weight excluding hydrogens is 168 g/mol. The summed E-state index contributed by atoms with van der Waals surface area (Å²) in [6.07, 6.45) is 1.89. The van der Waals surface area contributed by atoms with Crippen molar-refractivity contribution >= 4 is 5.82 Å². The van der Waals surface area contributed by atoms with Gasteiger partial charge in [-0.15, -0.1) is 0 Å². The minimum Gasteiger partial charge on any atom is -0.378 e.